The quantitative estimate of drug-likeness (QED) is 0.399. The molecule has 2 atom stereocenters. The zero-order chi connectivity index (χ0) is 19.2. The maximum absolute atomic E-state index is 12.2. The van der Waals surface area contributed by atoms with Crippen LogP contribution in [0, 0.1) is 16.7 Å². The molecule has 0 aromatic heterocycles. The third kappa shape index (κ3) is 6.57. The fraction of sp³-hybridized carbons (Fsp3) is 0.778. The Hall–Kier alpha value is -1.76. The van der Waals surface area contributed by atoms with E-state index < -0.39 is 5.60 Å². The molecule has 0 bridgehead atoms. The van der Waals surface area contributed by atoms with Crippen molar-refractivity contribution in [1.29, 1.82) is 0 Å². The van der Waals surface area contributed by atoms with Crippen LogP contribution < -0.4 is 0 Å². The van der Waals surface area contributed by atoms with Gasteiger partial charge in [-0.25, -0.2) is 0 Å². The van der Waals surface area contributed by atoms with Gasteiger partial charge in [-0.3, -0.25) is 9.79 Å². The Labute approximate surface area is 151 Å². The molecular formula is C18H32N4O3. The smallest absolute Gasteiger partial charge is 0.308 e. The van der Waals surface area contributed by atoms with Crippen LogP contribution in [0.3, 0.4) is 0 Å². The Bertz CT molecular complexity index is 511. The summed E-state index contributed by atoms with van der Waals surface area (Å²) in [6.45, 7) is 17.0. The van der Waals surface area contributed by atoms with Crippen molar-refractivity contribution in [3.8, 4) is 0 Å². The van der Waals surface area contributed by atoms with E-state index in [1.165, 1.54) is 5.12 Å². The summed E-state index contributed by atoms with van der Waals surface area (Å²) < 4.78 is 5.42. The molecule has 0 amide bonds. The van der Waals surface area contributed by atoms with Gasteiger partial charge in [0, 0.05) is 24.7 Å². The highest BCUT2D eigenvalue weighted by atomic mass is 16.6. The van der Waals surface area contributed by atoms with Crippen LogP contribution in [-0.2, 0) is 9.53 Å². The number of rotatable bonds is 7. The van der Waals surface area contributed by atoms with Gasteiger partial charge in [0.05, 0.1) is 24.3 Å². The Balaban J connectivity index is 3.06. The van der Waals surface area contributed by atoms with E-state index >= 15 is 0 Å². The second-order valence-corrected chi connectivity index (χ2v) is 7.69. The minimum atomic E-state index is -0.535. The van der Waals surface area contributed by atoms with Gasteiger partial charge in [-0.2, -0.15) is 10.1 Å². The largest absolute Gasteiger partial charge is 0.460 e. The van der Waals surface area contributed by atoms with E-state index in [9.17, 15) is 9.70 Å². The zero-order valence-corrected chi connectivity index (χ0v) is 16.4. The summed E-state index contributed by atoms with van der Waals surface area (Å²) in [6.07, 6.45) is 1.91. The highest BCUT2D eigenvalue weighted by Gasteiger charge is 2.32. The molecule has 0 spiro atoms. The maximum atomic E-state index is 12.2. The monoisotopic (exact) mass is 352 g/mol. The standard InChI is InChI=1S/C18H32N4O3/c1-8-16-15(13(3)4)12-21(22(9-2)20-24)11-14(19-16)10-17(23)25-18(5,6)7/h8,13-15H,1,9-12H2,2-7H3. The summed E-state index contributed by atoms with van der Waals surface area (Å²) in [5, 5.41) is 6.39. The summed E-state index contributed by atoms with van der Waals surface area (Å²) in [4.78, 5) is 28.2. The third-order valence-electron chi connectivity index (χ3n) is 4.08. The summed E-state index contributed by atoms with van der Waals surface area (Å²) in [6, 6.07) is -0.303. The molecule has 1 heterocycles. The van der Waals surface area contributed by atoms with E-state index in [-0.39, 0.29) is 24.3 Å². The van der Waals surface area contributed by atoms with E-state index in [1.54, 1.807) is 6.08 Å². The number of nitrogens with zero attached hydrogens (tertiary/aromatic N) is 4. The molecule has 142 valence electrons. The minimum Gasteiger partial charge on any atom is -0.460 e. The Morgan fingerprint density at radius 2 is 2.12 bits per heavy atom. The molecule has 2 unspecified atom stereocenters. The number of carbonyl (C=O) groups is 1. The molecule has 7 nitrogen and oxygen atoms in total. The molecule has 1 aliphatic heterocycles. The third-order valence-corrected chi connectivity index (χ3v) is 4.08. The van der Waals surface area contributed by atoms with Crippen molar-refractivity contribution in [2.45, 2.75) is 59.6 Å². The molecule has 0 N–H and O–H groups in total. The lowest BCUT2D eigenvalue weighted by Gasteiger charge is -2.32. The molecule has 0 fully saturated rings. The van der Waals surface area contributed by atoms with E-state index in [1.807, 2.05) is 32.7 Å². The molecule has 0 aromatic carbocycles. The lowest BCUT2D eigenvalue weighted by molar-refractivity contribution is -0.155. The first-order valence-electron chi connectivity index (χ1n) is 8.88. The molecule has 25 heavy (non-hydrogen) atoms. The predicted octanol–water partition coefficient (Wildman–Crippen LogP) is 3.22. The van der Waals surface area contributed by atoms with Gasteiger partial charge in [0.15, 0.2) is 0 Å². The first-order chi connectivity index (χ1) is 11.6. The number of ether oxygens (including phenoxy) is 1. The molecule has 0 saturated heterocycles. The fourth-order valence-corrected chi connectivity index (χ4v) is 2.93. The van der Waals surface area contributed by atoms with Crippen LogP contribution in [0.2, 0.25) is 0 Å². The van der Waals surface area contributed by atoms with Crippen LogP contribution in [0.4, 0.5) is 0 Å². The summed E-state index contributed by atoms with van der Waals surface area (Å²) in [7, 11) is 0. The molecule has 1 aliphatic rings. The number of esters is 1. The van der Waals surface area contributed by atoms with Gasteiger partial charge in [-0.05, 0) is 39.7 Å². The number of carbonyl (C=O) groups excluding carboxylic acids is 1. The van der Waals surface area contributed by atoms with E-state index in [0.29, 0.717) is 25.6 Å². The van der Waals surface area contributed by atoms with Gasteiger partial charge < -0.3 is 4.74 Å². The maximum Gasteiger partial charge on any atom is 0.308 e. The lowest BCUT2D eigenvalue weighted by atomic mass is 9.90. The van der Waals surface area contributed by atoms with E-state index in [4.69, 9.17) is 9.73 Å². The first kappa shape index (κ1) is 21.3. The SMILES string of the molecule is C=CC1=NC(CC(=O)OC(C)(C)C)CN(N(CC)N=O)CC1C(C)C. The van der Waals surface area contributed by atoms with Crippen molar-refractivity contribution in [3.05, 3.63) is 17.6 Å². The fourth-order valence-electron chi connectivity index (χ4n) is 2.93. The number of nitroso groups, excluding NO2 is 1. The van der Waals surface area contributed by atoms with Crippen molar-refractivity contribution in [3.63, 3.8) is 0 Å². The highest BCUT2D eigenvalue weighted by molar-refractivity contribution is 5.97. The van der Waals surface area contributed by atoms with E-state index in [0.717, 1.165) is 5.71 Å². The van der Waals surface area contributed by atoms with Crippen LogP contribution >= 0.6 is 0 Å². The van der Waals surface area contributed by atoms with Gasteiger partial charge in [-0.1, -0.05) is 20.4 Å². The van der Waals surface area contributed by atoms with Crippen molar-refractivity contribution in [2.24, 2.45) is 22.1 Å². The van der Waals surface area contributed by atoms with Gasteiger partial charge in [0.2, 0.25) is 0 Å². The van der Waals surface area contributed by atoms with Crippen molar-refractivity contribution >= 4 is 11.7 Å². The number of hydrazine groups is 1. The molecule has 1 rings (SSSR count). The van der Waals surface area contributed by atoms with Crippen molar-refractivity contribution in [1.82, 2.24) is 10.1 Å². The summed E-state index contributed by atoms with van der Waals surface area (Å²) >= 11 is 0. The van der Waals surface area contributed by atoms with Gasteiger partial charge in [0.25, 0.3) is 0 Å². The van der Waals surface area contributed by atoms with Crippen LogP contribution in [0.1, 0.15) is 48.0 Å². The number of aliphatic imine (C=N–C) groups is 1. The average molecular weight is 352 g/mol. The van der Waals surface area contributed by atoms with Gasteiger partial charge in [-0.15, -0.1) is 4.91 Å². The number of hydrogen-bond acceptors (Lipinski definition) is 6. The first-order valence-corrected chi connectivity index (χ1v) is 8.88. The number of allylic oxidation sites excluding steroid dienone is 1. The molecular weight excluding hydrogens is 320 g/mol. The van der Waals surface area contributed by atoms with Crippen LogP contribution in [-0.4, -0.2) is 53.1 Å². The van der Waals surface area contributed by atoms with Crippen molar-refractivity contribution < 1.29 is 9.53 Å². The predicted molar refractivity (Wildman–Crippen MR) is 100.0 cm³/mol. The molecule has 7 heteroatoms. The molecule has 0 aliphatic carbocycles. The van der Waals surface area contributed by atoms with Crippen LogP contribution in [0.15, 0.2) is 22.9 Å². The molecule has 0 radical (unpaired) electrons. The van der Waals surface area contributed by atoms with Gasteiger partial charge in [0.1, 0.15) is 5.60 Å². The highest BCUT2D eigenvalue weighted by Crippen LogP contribution is 2.23. The van der Waals surface area contributed by atoms with Gasteiger partial charge >= 0.3 is 5.97 Å². The summed E-state index contributed by atoms with van der Waals surface area (Å²) in [5.74, 6) is 0.150. The summed E-state index contributed by atoms with van der Waals surface area (Å²) in [5.41, 5.74) is 0.334. The molecule has 0 aromatic rings. The Morgan fingerprint density at radius 1 is 1.48 bits per heavy atom. The van der Waals surface area contributed by atoms with E-state index in [2.05, 4.69) is 25.7 Å². The molecule has 0 saturated carbocycles. The average Bonchev–Trinajstić information content (AvgIpc) is 2.66. The number of hydrogen-bond donors (Lipinski definition) is 0. The second-order valence-electron chi connectivity index (χ2n) is 7.69. The topological polar surface area (TPSA) is 74.6 Å². The Kier molecular flexibility index (Phi) is 7.73. The van der Waals surface area contributed by atoms with Crippen LogP contribution in [0.5, 0.6) is 0 Å². The second kappa shape index (κ2) is 9.08. The normalized spacial score (nSPS) is 22.1. The lowest BCUT2D eigenvalue weighted by Crippen LogP contribution is -2.45. The Morgan fingerprint density at radius 3 is 2.56 bits per heavy atom. The van der Waals surface area contributed by atoms with Crippen LogP contribution in [0.25, 0.3) is 0 Å². The zero-order valence-electron chi connectivity index (χ0n) is 16.4. The van der Waals surface area contributed by atoms with Crippen molar-refractivity contribution in [2.75, 3.05) is 19.6 Å². The minimum absolute atomic E-state index is 0.122.